The second-order valence-electron chi connectivity index (χ2n) is 2.30. The molecule has 62 valence electrons. The van der Waals surface area contributed by atoms with E-state index in [9.17, 15) is 5.11 Å². The molecule has 11 heavy (non-hydrogen) atoms. The summed E-state index contributed by atoms with van der Waals surface area (Å²) in [6.07, 6.45) is -1.70. The monoisotopic (exact) mass is 173 g/mol. The molecule has 1 aromatic heterocycles. The number of hydrogen-bond donors (Lipinski definition) is 3. The minimum Gasteiger partial charge on any atom is -0.389 e. The fraction of sp³-hybridized carbons (Fsp3) is 0.429. The third kappa shape index (κ3) is 2.00. The zero-order chi connectivity index (χ0) is 8.27. The van der Waals surface area contributed by atoms with Crippen LogP contribution >= 0.6 is 11.3 Å². The molecular formula is C7H11NO2S. The van der Waals surface area contributed by atoms with Gasteiger partial charge in [0.15, 0.2) is 0 Å². The molecule has 4 heteroatoms. The molecule has 0 aromatic carbocycles. The molecule has 0 fully saturated rings. The highest BCUT2D eigenvalue weighted by Crippen LogP contribution is 2.18. The quantitative estimate of drug-likeness (QED) is 0.607. The molecule has 0 saturated carbocycles. The zero-order valence-corrected chi connectivity index (χ0v) is 6.79. The van der Waals surface area contributed by atoms with Crippen LogP contribution in [0.2, 0.25) is 0 Å². The van der Waals surface area contributed by atoms with Crippen LogP contribution in [-0.2, 0) is 0 Å². The van der Waals surface area contributed by atoms with Gasteiger partial charge in [0, 0.05) is 6.54 Å². The van der Waals surface area contributed by atoms with E-state index in [1.807, 2.05) is 5.38 Å². The van der Waals surface area contributed by atoms with E-state index in [-0.39, 0.29) is 6.54 Å². The van der Waals surface area contributed by atoms with Crippen LogP contribution in [0.3, 0.4) is 0 Å². The van der Waals surface area contributed by atoms with E-state index in [1.54, 1.807) is 11.4 Å². The summed E-state index contributed by atoms with van der Waals surface area (Å²) in [6.45, 7) is 0.0804. The Morgan fingerprint density at radius 3 is 2.73 bits per heavy atom. The summed E-state index contributed by atoms with van der Waals surface area (Å²) < 4.78 is 0. The third-order valence-electron chi connectivity index (χ3n) is 1.49. The number of hydrogen-bond acceptors (Lipinski definition) is 4. The van der Waals surface area contributed by atoms with E-state index in [0.29, 0.717) is 0 Å². The topological polar surface area (TPSA) is 66.5 Å². The molecule has 4 N–H and O–H groups in total. The fourth-order valence-corrected chi connectivity index (χ4v) is 1.48. The van der Waals surface area contributed by atoms with Crippen molar-refractivity contribution in [3.63, 3.8) is 0 Å². The van der Waals surface area contributed by atoms with Crippen LogP contribution in [0.25, 0.3) is 0 Å². The molecule has 2 atom stereocenters. The van der Waals surface area contributed by atoms with Crippen molar-refractivity contribution in [2.75, 3.05) is 6.54 Å². The van der Waals surface area contributed by atoms with Gasteiger partial charge in [-0.3, -0.25) is 0 Å². The van der Waals surface area contributed by atoms with E-state index in [1.165, 1.54) is 11.3 Å². The van der Waals surface area contributed by atoms with Crippen LogP contribution in [0.5, 0.6) is 0 Å². The van der Waals surface area contributed by atoms with Gasteiger partial charge in [0.25, 0.3) is 0 Å². The van der Waals surface area contributed by atoms with Gasteiger partial charge in [-0.1, -0.05) is 0 Å². The predicted octanol–water partition coefficient (Wildman–Crippen LogP) is 0.101. The number of nitrogens with two attached hydrogens (primary N) is 1. The molecule has 0 saturated heterocycles. The maximum Gasteiger partial charge on any atom is 0.107 e. The SMILES string of the molecule is NCC(O)C(O)c1ccsc1. The fourth-order valence-electron chi connectivity index (χ4n) is 0.794. The Hall–Kier alpha value is -0.420. The molecule has 0 radical (unpaired) electrons. The first-order valence-electron chi connectivity index (χ1n) is 3.34. The predicted molar refractivity (Wildman–Crippen MR) is 44.3 cm³/mol. The van der Waals surface area contributed by atoms with Crippen LogP contribution in [0, 0.1) is 0 Å². The number of rotatable bonds is 3. The molecule has 0 spiro atoms. The van der Waals surface area contributed by atoms with Gasteiger partial charge >= 0.3 is 0 Å². The molecule has 0 aliphatic heterocycles. The summed E-state index contributed by atoms with van der Waals surface area (Å²) in [5, 5.41) is 22.1. The van der Waals surface area contributed by atoms with Crippen molar-refractivity contribution in [1.29, 1.82) is 0 Å². The van der Waals surface area contributed by atoms with E-state index in [0.717, 1.165) is 5.56 Å². The highest BCUT2D eigenvalue weighted by atomic mass is 32.1. The Balaban J connectivity index is 2.62. The van der Waals surface area contributed by atoms with Gasteiger partial charge in [-0.25, -0.2) is 0 Å². The van der Waals surface area contributed by atoms with E-state index in [2.05, 4.69) is 0 Å². The molecule has 2 unspecified atom stereocenters. The maximum absolute atomic E-state index is 9.35. The number of aliphatic hydroxyl groups excluding tert-OH is 2. The van der Waals surface area contributed by atoms with Crippen LogP contribution in [0.4, 0.5) is 0 Å². The minimum atomic E-state index is -0.857. The maximum atomic E-state index is 9.35. The third-order valence-corrected chi connectivity index (χ3v) is 2.19. The van der Waals surface area contributed by atoms with Crippen molar-refractivity contribution in [2.45, 2.75) is 12.2 Å². The molecule has 0 aliphatic rings. The van der Waals surface area contributed by atoms with Crippen molar-refractivity contribution in [2.24, 2.45) is 5.73 Å². The highest BCUT2D eigenvalue weighted by Gasteiger charge is 2.16. The Labute approximate surface area is 69.1 Å². The molecule has 0 aliphatic carbocycles. The lowest BCUT2D eigenvalue weighted by Crippen LogP contribution is -2.26. The van der Waals surface area contributed by atoms with Gasteiger partial charge < -0.3 is 15.9 Å². The normalized spacial score (nSPS) is 16.3. The van der Waals surface area contributed by atoms with Crippen LogP contribution in [0.1, 0.15) is 11.7 Å². The first-order chi connectivity index (χ1) is 5.25. The molecule has 1 heterocycles. The Kier molecular flexibility index (Phi) is 3.02. The lowest BCUT2D eigenvalue weighted by atomic mass is 10.1. The summed E-state index contributed by atoms with van der Waals surface area (Å²) >= 11 is 1.48. The lowest BCUT2D eigenvalue weighted by molar-refractivity contribution is 0.0246. The minimum absolute atomic E-state index is 0.0804. The number of aliphatic hydroxyl groups is 2. The average Bonchev–Trinajstić information content (AvgIpc) is 2.53. The van der Waals surface area contributed by atoms with Gasteiger partial charge in [-0.05, 0) is 22.4 Å². The average molecular weight is 173 g/mol. The van der Waals surface area contributed by atoms with E-state index in [4.69, 9.17) is 10.8 Å². The van der Waals surface area contributed by atoms with Gasteiger partial charge in [-0.2, -0.15) is 11.3 Å². The first-order valence-corrected chi connectivity index (χ1v) is 4.28. The van der Waals surface area contributed by atoms with Gasteiger partial charge in [0.1, 0.15) is 6.10 Å². The van der Waals surface area contributed by atoms with Gasteiger partial charge in [-0.15, -0.1) is 0 Å². The molecule has 0 bridgehead atoms. The van der Waals surface area contributed by atoms with Crippen molar-refractivity contribution in [1.82, 2.24) is 0 Å². The second kappa shape index (κ2) is 3.82. The standard InChI is InChI=1S/C7H11NO2S/c8-3-6(9)7(10)5-1-2-11-4-5/h1-2,4,6-7,9-10H,3,8H2. The van der Waals surface area contributed by atoms with Crippen LogP contribution in [-0.4, -0.2) is 22.9 Å². The largest absolute Gasteiger partial charge is 0.389 e. The van der Waals surface area contributed by atoms with E-state index >= 15 is 0 Å². The number of thiophene rings is 1. The van der Waals surface area contributed by atoms with Crippen molar-refractivity contribution in [3.8, 4) is 0 Å². The summed E-state index contributed by atoms with van der Waals surface area (Å²) in [6, 6.07) is 1.77. The van der Waals surface area contributed by atoms with Crippen LogP contribution in [0.15, 0.2) is 16.8 Å². The van der Waals surface area contributed by atoms with Crippen molar-refractivity contribution in [3.05, 3.63) is 22.4 Å². The molecule has 0 amide bonds. The Bertz CT molecular complexity index is 200. The second-order valence-corrected chi connectivity index (χ2v) is 3.08. The smallest absolute Gasteiger partial charge is 0.107 e. The summed E-state index contributed by atoms with van der Waals surface area (Å²) in [4.78, 5) is 0. The molecule has 1 rings (SSSR count). The molecular weight excluding hydrogens is 162 g/mol. The Morgan fingerprint density at radius 1 is 1.55 bits per heavy atom. The van der Waals surface area contributed by atoms with Gasteiger partial charge in [0.05, 0.1) is 6.10 Å². The van der Waals surface area contributed by atoms with Crippen molar-refractivity contribution >= 4 is 11.3 Å². The van der Waals surface area contributed by atoms with Gasteiger partial charge in [0.2, 0.25) is 0 Å². The summed E-state index contributed by atoms with van der Waals surface area (Å²) in [5.74, 6) is 0. The first kappa shape index (κ1) is 8.67. The molecule has 3 nitrogen and oxygen atoms in total. The lowest BCUT2D eigenvalue weighted by Gasteiger charge is -2.13. The highest BCUT2D eigenvalue weighted by molar-refractivity contribution is 7.07. The van der Waals surface area contributed by atoms with E-state index < -0.39 is 12.2 Å². The van der Waals surface area contributed by atoms with Crippen molar-refractivity contribution < 1.29 is 10.2 Å². The zero-order valence-electron chi connectivity index (χ0n) is 5.97. The summed E-state index contributed by atoms with van der Waals surface area (Å²) in [7, 11) is 0. The Morgan fingerprint density at radius 2 is 2.27 bits per heavy atom. The summed E-state index contributed by atoms with van der Waals surface area (Å²) in [5.41, 5.74) is 5.90. The van der Waals surface area contributed by atoms with Crippen LogP contribution < -0.4 is 5.73 Å². The molecule has 1 aromatic rings.